The first kappa shape index (κ1) is 31.1. The zero-order valence-electron chi connectivity index (χ0n) is 28.1. The van der Waals surface area contributed by atoms with Crippen molar-refractivity contribution in [2.75, 3.05) is 7.11 Å². The van der Waals surface area contributed by atoms with E-state index in [1.807, 2.05) is 12.1 Å². The van der Waals surface area contributed by atoms with Gasteiger partial charge in [-0.05, 0) is 132 Å². The zero-order valence-corrected chi connectivity index (χ0v) is 28.1. The van der Waals surface area contributed by atoms with E-state index < -0.39 is 5.41 Å². The van der Waals surface area contributed by atoms with Gasteiger partial charge in [-0.1, -0.05) is 60.6 Å². The maximum absolute atomic E-state index is 14.5. The van der Waals surface area contributed by atoms with Crippen molar-refractivity contribution in [3.8, 4) is 5.75 Å². The number of carbonyl (C=O) groups excluding carboxylic acids is 2. The minimum Gasteiger partial charge on any atom is -0.497 e. The van der Waals surface area contributed by atoms with Crippen molar-refractivity contribution in [1.29, 1.82) is 0 Å². The van der Waals surface area contributed by atoms with Crippen LogP contribution in [0.15, 0.2) is 35.4 Å². The lowest BCUT2D eigenvalue weighted by Gasteiger charge is -2.72. The van der Waals surface area contributed by atoms with Crippen molar-refractivity contribution in [2.24, 2.45) is 50.7 Å². The fraction of sp³-hybridized carbons (Fsp3) is 0.744. The van der Waals surface area contributed by atoms with Gasteiger partial charge in [0, 0.05) is 12.8 Å². The van der Waals surface area contributed by atoms with E-state index in [0.717, 1.165) is 61.8 Å². The Bertz CT molecular complexity index is 1320. The summed E-state index contributed by atoms with van der Waals surface area (Å²) in [6.07, 6.45) is 9.77. The number of aliphatic hydroxyl groups is 1. The Kier molecular flexibility index (Phi) is 7.43. The topological polar surface area (TPSA) is 63.6 Å². The number of Topliss-reactive ketones (excluding diaryl/α,β-unsaturated/α-hetero) is 2. The molecule has 0 saturated heterocycles. The maximum atomic E-state index is 14.5. The van der Waals surface area contributed by atoms with E-state index >= 15 is 0 Å². The Hall–Kier alpha value is -1.94. The van der Waals surface area contributed by atoms with Crippen LogP contribution < -0.4 is 4.74 Å². The normalized spacial score (nSPS) is 41.8. The van der Waals surface area contributed by atoms with Crippen molar-refractivity contribution in [1.82, 2.24) is 0 Å². The summed E-state index contributed by atoms with van der Waals surface area (Å²) in [5.74, 6) is 2.91. The number of ketones is 2. The van der Waals surface area contributed by atoms with Crippen LogP contribution in [0.5, 0.6) is 5.75 Å². The van der Waals surface area contributed by atoms with Crippen LogP contribution in [0.25, 0.3) is 0 Å². The lowest BCUT2D eigenvalue weighted by Crippen LogP contribution is -2.65. The van der Waals surface area contributed by atoms with Gasteiger partial charge in [0.1, 0.15) is 11.5 Å². The summed E-state index contributed by atoms with van der Waals surface area (Å²) in [5.41, 5.74) is 3.16. The second-order valence-corrected chi connectivity index (χ2v) is 16.9. The molecule has 0 amide bonds. The molecule has 0 aromatic heterocycles. The molecule has 0 radical (unpaired) electrons. The molecule has 4 nitrogen and oxygen atoms in total. The molecule has 0 aliphatic heterocycles. The minimum absolute atomic E-state index is 0.0595. The van der Waals surface area contributed by atoms with Gasteiger partial charge in [0.05, 0.1) is 18.6 Å². The molecule has 6 rings (SSSR count). The molecule has 1 aromatic carbocycles. The molecule has 43 heavy (non-hydrogen) atoms. The van der Waals surface area contributed by atoms with Crippen molar-refractivity contribution in [3.05, 3.63) is 41.0 Å². The van der Waals surface area contributed by atoms with Gasteiger partial charge < -0.3 is 9.84 Å². The second kappa shape index (κ2) is 10.3. The number of aliphatic hydroxyl groups excluding tert-OH is 1. The Balaban J connectivity index is 1.35. The SMILES string of the molecule is COc1ccc(CCC(=O)[C@@]23CC[C@]4(C)[C@H](CC[C@@H]5[C@@]6(C)CC[C@H](O)C(C)(C)[C@@H]6CC[C@]54C)C2=C(C(C)C)C(=O)C3)cc1. The standard InChI is InChI=1S/C39H56O4/c1-24(2)33-28(40)23-39(32(42)16-11-25-9-12-26(43-8)13-10-25)22-21-37(6)27(34(33)39)14-15-30-36(5)19-18-31(41)35(3,4)29(36)17-20-38(30,37)7/h9-10,12-13,24,27,29-31,41H,11,14-23H2,1-8H3/t27-,29+,30-,31+,36+,37-,38-,39+/m1/s1. The van der Waals surface area contributed by atoms with Crippen LogP contribution in [0, 0.1) is 50.7 Å². The van der Waals surface area contributed by atoms with Crippen LogP contribution in [0.4, 0.5) is 0 Å². The van der Waals surface area contributed by atoms with Crippen LogP contribution in [0.2, 0.25) is 0 Å². The lowest BCUT2D eigenvalue weighted by atomic mass is 9.33. The molecule has 1 aromatic rings. The quantitative estimate of drug-likeness (QED) is 0.362. The first-order chi connectivity index (χ1) is 20.2. The van der Waals surface area contributed by atoms with Crippen LogP contribution in [-0.2, 0) is 16.0 Å². The third kappa shape index (κ3) is 4.23. The van der Waals surface area contributed by atoms with Gasteiger partial charge in [-0.25, -0.2) is 0 Å². The third-order valence-corrected chi connectivity index (χ3v) is 14.7. The Morgan fingerprint density at radius 3 is 2.26 bits per heavy atom. The molecule has 236 valence electrons. The fourth-order valence-corrected chi connectivity index (χ4v) is 12.2. The van der Waals surface area contributed by atoms with E-state index in [4.69, 9.17) is 4.74 Å². The van der Waals surface area contributed by atoms with Gasteiger partial charge in [0.15, 0.2) is 5.78 Å². The van der Waals surface area contributed by atoms with E-state index in [-0.39, 0.29) is 45.2 Å². The monoisotopic (exact) mass is 588 g/mol. The first-order valence-corrected chi connectivity index (χ1v) is 17.3. The third-order valence-electron chi connectivity index (χ3n) is 14.7. The average molecular weight is 589 g/mol. The molecule has 0 bridgehead atoms. The molecule has 0 heterocycles. The van der Waals surface area contributed by atoms with E-state index in [9.17, 15) is 14.7 Å². The number of benzene rings is 1. The molecular weight excluding hydrogens is 532 g/mol. The van der Waals surface area contributed by atoms with E-state index in [0.29, 0.717) is 37.0 Å². The number of hydrogen-bond acceptors (Lipinski definition) is 4. The van der Waals surface area contributed by atoms with E-state index in [1.165, 1.54) is 12.0 Å². The van der Waals surface area contributed by atoms with Crippen molar-refractivity contribution >= 4 is 11.6 Å². The number of carbonyl (C=O) groups is 2. The molecule has 1 N–H and O–H groups in total. The van der Waals surface area contributed by atoms with Gasteiger partial charge in [-0.15, -0.1) is 0 Å². The summed E-state index contributed by atoms with van der Waals surface area (Å²) < 4.78 is 5.33. The number of ether oxygens (including phenoxy) is 1. The predicted octanol–water partition coefficient (Wildman–Crippen LogP) is 8.54. The van der Waals surface area contributed by atoms with Crippen molar-refractivity contribution in [2.45, 2.75) is 125 Å². The van der Waals surface area contributed by atoms with Gasteiger partial charge in [0.2, 0.25) is 0 Å². The Morgan fingerprint density at radius 2 is 1.60 bits per heavy atom. The summed E-state index contributed by atoms with van der Waals surface area (Å²) in [5, 5.41) is 11.0. The maximum Gasteiger partial charge on any atom is 0.160 e. The van der Waals surface area contributed by atoms with Gasteiger partial charge in [0.25, 0.3) is 0 Å². The Morgan fingerprint density at radius 1 is 0.907 bits per heavy atom. The predicted molar refractivity (Wildman–Crippen MR) is 172 cm³/mol. The van der Waals surface area contributed by atoms with Gasteiger partial charge in [-0.2, -0.15) is 0 Å². The van der Waals surface area contributed by atoms with Crippen LogP contribution in [0.1, 0.15) is 118 Å². The van der Waals surface area contributed by atoms with Crippen molar-refractivity contribution in [3.63, 3.8) is 0 Å². The summed E-state index contributed by atoms with van der Waals surface area (Å²) in [6.45, 7) is 16.7. The number of rotatable bonds is 6. The van der Waals surface area contributed by atoms with Crippen molar-refractivity contribution < 1.29 is 19.4 Å². The molecule has 4 fully saturated rings. The van der Waals surface area contributed by atoms with Crippen LogP contribution in [0.3, 0.4) is 0 Å². The minimum atomic E-state index is -0.616. The molecule has 5 aliphatic carbocycles. The van der Waals surface area contributed by atoms with E-state index in [1.54, 1.807) is 7.11 Å². The Labute approximate surface area is 260 Å². The second-order valence-electron chi connectivity index (χ2n) is 16.9. The molecule has 4 saturated carbocycles. The average Bonchev–Trinajstić information content (AvgIpc) is 3.28. The molecule has 4 heteroatoms. The van der Waals surface area contributed by atoms with Crippen LogP contribution in [-0.4, -0.2) is 29.9 Å². The first-order valence-electron chi connectivity index (χ1n) is 17.3. The number of allylic oxidation sites excluding steroid dienone is 2. The summed E-state index contributed by atoms with van der Waals surface area (Å²) >= 11 is 0. The number of methoxy groups -OCH3 is 1. The molecule has 8 atom stereocenters. The summed E-state index contributed by atoms with van der Waals surface area (Å²) in [4.78, 5) is 28.3. The highest BCUT2D eigenvalue weighted by atomic mass is 16.5. The molecule has 0 unspecified atom stereocenters. The molecule has 5 aliphatic rings. The highest BCUT2D eigenvalue weighted by Crippen LogP contribution is 2.76. The van der Waals surface area contributed by atoms with E-state index in [2.05, 4.69) is 60.6 Å². The summed E-state index contributed by atoms with van der Waals surface area (Å²) in [7, 11) is 1.67. The largest absolute Gasteiger partial charge is 0.497 e. The molecular formula is C39H56O4. The lowest BCUT2D eigenvalue weighted by molar-refractivity contribution is -0.228. The fourth-order valence-electron chi connectivity index (χ4n) is 12.2. The van der Waals surface area contributed by atoms with Gasteiger partial charge in [-0.3, -0.25) is 9.59 Å². The number of aryl methyl sites for hydroxylation is 1. The number of fused-ring (bicyclic) bond motifs is 7. The molecule has 0 spiro atoms. The summed E-state index contributed by atoms with van der Waals surface area (Å²) in [6, 6.07) is 8.05. The highest BCUT2D eigenvalue weighted by Gasteiger charge is 2.70. The van der Waals surface area contributed by atoms with Crippen LogP contribution >= 0.6 is 0 Å². The highest BCUT2D eigenvalue weighted by molar-refractivity contribution is 6.07. The zero-order chi connectivity index (χ0) is 31.2. The van der Waals surface area contributed by atoms with Gasteiger partial charge >= 0.3 is 0 Å². The number of hydrogen-bond donors (Lipinski definition) is 1. The smallest absolute Gasteiger partial charge is 0.160 e.